The summed E-state index contributed by atoms with van der Waals surface area (Å²) in [7, 11) is 4.77. The number of aliphatic carboxylic acids is 1. The molecule has 2 heterocycles. The highest BCUT2D eigenvalue weighted by Crippen LogP contribution is 2.14. The number of nitrogens with zero attached hydrogens (tertiary/aromatic N) is 1. The summed E-state index contributed by atoms with van der Waals surface area (Å²) in [6.45, 7) is 5.01. The monoisotopic (exact) mass is 371 g/mol. The number of carbonyl (C=O) groups excluding carboxylic acids is 1. The predicted molar refractivity (Wildman–Crippen MR) is 90.1 cm³/mol. The summed E-state index contributed by atoms with van der Waals surface area (Å²) in [4.78, 5) is 26.2. The zero-order valence-electron chi connectivity index (χ0n) is 14.9. The number of hydrogen-bond acceptors (Lipinski definition) is 6. The normalized spacial score (nSPS) is 21.5. The van der Waals surface area contributed by atoms with Crippen molar-refractivity contribution in [2.75, 3.05) is 54.3 Å². The van der Waals surface area contributed by atoms with E-state index < -0.39 is 5.97 Å². The predicted octanol–water partition coefficient (Wildman–Crippen LogP) is 1.22. The van der Waals surface area contributed by atoms with Gasteiger partial charge in [-0.15, -0.1) is 12.4 Å². The Hall–Kier alpha value is -0.930. The molecule has 0 radical (unpaired) electrons. The number of hydroxylamine groups is 2. The van der Waals surface area contributed by atoms with E-state index in [9.17, 15) is 9.59 Å². The van der Waals surface area contributed by atoms with Gasteiger partial charge in [0.1, 0.15) is 0 Å². The third-order valence-corrected chi connectivity index (χ3v) is 3.43. The second-order valence-electron chi connectivity index (χ2n) is 5.05. The minimum Gasteiger partial charge on any atom is -0.481 e. The molecule has 0 bridgehead atoms. The lowest BCUT2D eigenvalue weighted by molar-refractivity contribution is -0.173. The van der Waals surface area contributed by atoms with Crippen molar-refractivity contribution in [1.29, 1.82) is 0 Å². The average Bonchev–Trinajstić information content (AvgIpc) is 3.26. The van der Waals surface area contributed by atoms with E-state index in [4.69, 9.17) is 19.4 Å². The molecule has 0 spiro atoms. The number of carbonyl (C=O) groups is 2. The number of ether oxygens (including phenoxy) is 3. The molecule has 2 fully saturated rings. The Morgan fingerprint density at radius 2 is 1.58 bits per heavy atom. The molecule has 144 valence electrons. The Bertz CT molecular complexity index is 330. The summed E-state index contributed by atoms with van der Waals surface area (Å²) < 4.78 is 14.4. The van der Waals surface area contributed by atoms with Crippen LogP contribution in [0.1, 0.15) is 19.8 Å². The molecule has 0 aromatic heterocycles. The molecule has 2 rings (SSSR count). The van der Waals surface area contributed by atoms with E-state index >= 15 is 0 Å². The van der Waals surface area contributed by atoms with E-state index in [0.29, 0.717) is 32.8 Å². The van der Waals surface area contributed by atoms with Crippen molar-refractivity contribution in [3.8, 4) is 0 Å². The highest BCUT2D eigenvalue weighted by Gasteiger charge is 2.26. The summed E-state index contributed by atoms with van der Waals surface area (Å²) in [5, 5.41) is 9.58. The van der Waals surface area contributed by atoms with E-state index in [1.54, 1.807) is 14.2 Å². The highest BCUT2D eigenvalue weighted by atomic mass is 35.5. The number of rotatable bonds is 4. The molecule has 2 atom stereocenters. The number of methoxy groups -OCH3 is 1. The molecular formula is C15H30ClNO7. The van der Waals surface area contributed by atoms with Crippen molar-refractivity contribution >= 4 is 24.3 Å². The summed E-state index contributed by atoms with van der Waals surface area (Å²) >= 11 is 0. The van der Waals surface area contributed by atoms with Crippen molar-refractivity contribution in [2.24, 2.45) is 11.8 Å². The second-order valence-corrected chi connectivity index (χ2v) is 5.05. The van der Waals surface area contributed by atoms with Gasteiger partial charge in [0.05, 0.1) is 32.2 Å². The molecule has 0 aliphatic carbocycles. The Morgan fingerprint density at radius 1 is 1.12 bits per heavy atom. The number of carboxylic acids is 1. The van der Waals surface area contributed by atoms with E-state index in [2.05, 4.69) is 4.74 Å². The molecule has 24 heavy (non-hydrogen) atoms. The fourth-order valence-corrected chi connectivity index (χ4v) is 1.81. The van der Waals surface area contributed by atoms with E-state index in [-0.39, 0.29) is 30.2 Å². The zero-order chi connectivity index (χ0) is 17.7. The summed E-state index contributed by atoms with van der Waals surface area (Å²) in [6.07, 6.45) is 1.49. The molecular weight excluding hydrogens is 342 g/mol. The molecule has 2 aliphatic heterocycles. The van der Waals surface area contributed by atoms with Crippen LogP contribution in [-0.2, 0) is 28.6 Å². The molecule has 0 aromatic rings. The first-order valence-electron chi connectivity index (χ1n) is 7.66. The van der Waals surface area contributed by atoms with Crippen molar-refractivity contribution in [2.45, 2.75) is 19.8 Å². The zero-order valence-corrected chi connectivity index (χ0v) is 15.7. The molecule has 1 amide bonds. The van der Waals surface area contributed by atoms with Crippen LogP contribution < -0.4 is 0 Å². The molecule has 1 N–H and O–H groups in total. The van der Waals surface area contributed by atoms with Crippen LogP contribution in [0.4, 0.5) is 0 Å². The Balaban J connectivity index is 0. The van der Waals surface area contributed by atoms with E-state index in [0.717, 1.165) is 13.0 Å². The molecule has 9 heteroatoms. The molecule has 2 saturated heterocycles. The van der Waals surface area contributed by atoms with Crippen molar-refractivity contribution in [3.05, 3.63) is 0 Å². The first-order valence-corrected chi connectivity index (χ1v) is 7.66. The molecule has 8 nitrogen and oxygen atoms in total. The van der Waals surface area contributed by atoms with Crippen molar-refractivity contribution < 1.29 is 33.7 Å². The van der Waals surface area contributed by atoms with Gasteiger partial charge in [0.25, 0.3) is 5.91 Å². The summed E-state index contributed by atoms with van der Waals surface area (Å²) in [5.74, 6) is -0.970. The van der Waals surface area contributed by atoms with Gasteiger partial charge in [0, 0.05) is 34.0 Å². The number of hydrogen-bond donors (Lipinski definition) is 1. The summed E-state index contributed by atoms with van der Waals surface area (Å²) in [6, 6.07) is 0. The molecule has 0 aromatic carbocycles. The third-order valence-electron chi connectivity index (χ3n) is 3.43. The van der Waals surface area contributed by atoms with Gasteiger partial charge < -0.3 is 19.3 Å². The second kappa shape index (κ2) is 15.6. The lowest BCUT2D eigenvalue weighted by Crippen LogP contribution is -2.32. The fourth-order valence-electron chi connectivity index (χ4n) is 1.81. The lowest BCUT2D eigenvalue weighted by atomic mass is 10.1. The Morgan fingerprint density at radius 3 is 1.83 bits per heavy atom. The first kappa shape index (κ1) is 25.3. The van der Waals surface area contributed by atoms with Crippen LogP contribution in [0.3, 0.4) is 0 Å². The topological polar surface area (TPSA) is 94.5 Å². The average molecular weight is 372 g/mol. The SMILES string of the molecule is CCOC.CON(C)C(=O)C1CCOC1.Cl.O=C(O)C1CCOC1. The first-order chi connectivity index (χ1) is 11.0. The van der Waals surface area contributed by atoms with Crippen LogP contribution >= 0.6 is 12.4 Å². The Kier molecular flexibility index (Phi) is 16.4. The maximum absolute atomic E-state index is 11.3. The number of halogens is 1. The van der Waals surface area contributed by atoms with Gasteiger partial charge in [0.2, 0.25) is 0 Å². The maximum Gasteiger partial charge on any atom is 0.308 e. The molecule has 2 unspecified atom stereocenters. The third kappa shape index (κ3) is 10.8. The largest absolute Gasteiger partial charge is 0.481 e. The smallest absolute Gasteiger partial charge is 0.308 e. The minimum absolute atomic E-state index is 0. The molecule has 0 saturated carbocycles. The van der Waals surface area contributed by atoms with Gasteiger partial charge >= 0.3 is 5.97 Å². The van der Waals surface area contributed by atoms with Crippen LogP contribution in [0.2, 0.25) is 0 Å². The van der Waals surface area contributed by atoms with Gasteiger partial charge in [-0.25, -0.2) is 5.06 Å². The van der Waals surface area contributed by atoms with Crippen LogP contribution in [0.5, 0.6) is 0 Å². The standard InChI is InChI=1S/C7H13NO3.C5H8O3.C3H8O.ClH/c1-8(10-2)7(9)6-3-4-11-5-6;6-5(7)4-1-2-8-3-4;1-3-4-2;/h6H,3-5H2,1-2H3;4H,1-3H2,(H,6,7);3H2,1-2H3;1H. The maximum atomic E-state index is 11.3. The number of carboxylic acid groups (broad SMARTS) is 1. The quantitative estimate of drug-likeness (QED) is 0.742. The van der Waals surface area contributed by atoms with Gasteiger partial charge in [-0.3, -0.25) is 14.4 Å². The van der Waals surface area contributed by atoms with Crippen molar-refractivity contribution in [1.82, 2.24) is 5.06 Å². The van der Waals surface area contributed by atoms with E-state index in [1.165, 1.54) is 12.2 Å². The lowest BCUT2D eigenvalue weighted by Gasteiger charge is -2.16. The van der Waals surface area contributed by atoms with Crippen molar-refractivity contribution in [3.63, 3.8) is 0 Å². The number of amides is 1. The Labute approximate surface area is 149 Å². The van der Waals surface area contributed by atoms with Gasteiger partial charge in [0.15, 0.2) is 0 Å². The van der Waals surface area contributed by atoms with Gasteiger partial charge in [-0.05, 0) is 19.8 Å². The summed E-state index contributed by atoms with van der Waals surface area (Å²) in [5.41, 5.74) is 0. The van der Waals surface area contributed by atoms with Gasteiger partial charge in [-0.1, -0.05) is 0 Å². The van der Waals surface area contributed by atoms with Crippen LogP contribution in [0.15, 0.2) is 0 Å². The highest BCUT2D eigenvalue weighted by molar-refractivity contribution is 5.85. The molecule has 2 aliphatic rings. The van der Waals surface area contributed by atoms with E-state index in [1.807, 2.05) is 6.92 Å². The van der Waals surface area contributed by atoms with Crippen LogP contribution in [0.25, 0.3) is 0 Å². The minimum atomic E-state index is -0.734. The van der Waals surface area contributed by atoms with Crippen LogP contribution in [-0.4, -0.2) is 76.3 Å². The van der Waals surface area contributed by atoms with Gasteiger partial charge in [-0.2, -0.15) is 0 Å². The fraction of sp³-hybridized carbons (Fsp3) is 0.867. The van der Waals surface area contributed by atoms with Crippen LogP contribution in [0, 0.1) is 11.8 Å².